The monoisotopic (exact) mass is 508 g/mol. The van der Waals surface area contributed by atoms with Crippen molar-refractivity contribution in [3.63, 3.8) is 0 Å². The average Bonchev–Trinajstić information content (AvgIpc) is 3.25. The van der Waals surface area contributed by atoms with Gasteiger partial charge in [-0.3, -0.25) is 4.79 Å². The molecule has 1 amide bonds. The number of nitrogens with zero attached hydrogens (tertiary/aromatic N) is 2. The number of carbonyl (C=O) groups is 1. The average molecular weight is 509 g/mol. The largest absolute Gasteiger partial charge is 0.383 e. The summed E-state index contributed by atoms with van der Waals surface area (Å²) < 4.78 is 51.9. The number of aromatic amines is 1. The lowest BCUT2D eigenvalue weighted by Gasteiger charge is -2.05. The van der Waals surface area contributed by atoms with Gasteiger partial charge in [0.05, 0.1) is 15.8 Å². The summed E-state index contributed by atoms with van der Waals surface area (Å²) in [5.74, 6) is -3.36. The first kappa shape index (κ1) is 29.5. The number of sulfone groups is 1. The summed E-state index contributed by atoms with van der Waals surface area (Å²) in [5, 5.41) is 2.06. The molecule has 10 heteroatoms. The van der Waals surface area contributed by atoms with Crippen molar-refractivity contribution >= 4 is 32.5 Å². The highest BCUT2D eigenvalue weighted by Gasteiger charge is 2.25. The number of nitrogens with one attached hydrogen (secondary N) is 2. The number of fused-ring (bicyclic) bond motifs is 1. The maximum atomic E-state index is 13.9. The second kappa shape index (κ2) is 14.0. The van der Waals surface area contributed by atoms with Gasteiger partial charge in [-0.05, 0) is 44.3 Å². The fraction of sp³-hybridized carbons (Fsp3) is 0.280. The third kappa shape index (κ3) is 9.32. The molecular formula is C25H34F2N4O3S. The molecule has 0 aliphatic rings. The second-order valence-electron chi connectivity index (χ2n) is 7.30. The van der Waals surface area contributed by atoms with Crippen LogP contribution in [0.25, 0.3) is 10.9 Å². The number of aromatic nitrogens is 2. The molecule has 2 N–H and O–H groups in total. The highest BCUT2D eigenvalue weighted by atomic mass is 32.2. The molecule has 0 unspecified atom stereocenters. The van der Waals surface area contributed by atoms with E-state index in [1.807, 2.05) is 46.0 Å². The van der Waals surface area contributed by atoms with Crippen LogP contribution < -0.4 is 5.32 Å². The number of amides is 1. The fourth-order valence-electron chi connectivity index (χ4n) is 2.63. The van der Waals surface area contributed by atoms with Crippen molar-refractivity contribution in [2.24, 2.45) is 0 Å². The van der Waals surface area contributed by atoms with Crippen LogP contribution >= 0.6 is 0 Å². The van der Waals surface area contributed by atoms with E-state index < -0.39 is 38.0 Å². The van der Waals surface area contributed by atoms with E-state index in [1.54, 1.807) is 12.1 Å². The van der Waals surface area contributed by atoms with Crippen molar-refractivity contribution in [1.29, 1.82) is 0 Å². The number of halogens is 2. The van der Waals surface area contributed by atoms with E-state index in [1.165, 1.54) is 17.8 Å². The van der Waals surface area contributed by atoms with E-state index in [9.17, 15) is 22.0 Å². The van der Waals surface area contributed by atoms with Crippen LogP contribution in [0.2, 0.25) is 0 Å². The second-order valence-corrected chi connectivity index (χ2v) is 9.26. The number of H-pyrrole nitrogens is 1. The highest BCUT2D eigenvalue weighted by Crippen LogP contribution is 2.27. The van der Waals surface area contributed by atoms with Gasteiger partial charge in [0.15, 0.2) is 9.84 Å². The highest BCUT2D eigenvalue weighted by molar-refractivity contribution is 7.92. The Morgan fingerprint density at radius 3 is 2.49 bits per heavy atom. The Morgan fingerprint density at radius 1 is 1.23 bits per heavy atom. The quantitative estimate of drug-likeness (QED) is 0.426. The van der Waals surface area contributed by atoms with Gasteiger partial charge in [0, 0.05) is 34.0 Å². The van der Waals surface area contributed by atoms with Gasteiger partial charge in [-0.15, -0.1) is 0 Å². The molecule has 192 valence electrons. The summed E-state index contributed by atoms with van der Waals surface area (Å²) in [7, 11) is -0.105. The molecule has 0 bridgehead atoms. The zero-order chi connectivity index (χ0) is 26.6. The maximum Gasteiger partial charge on any atom is 0.241 e. The molecule has 2 heterocycles. The minimum atomic E-state index is -4.13. The van der Waals surface area contributed by atoms with Crippen molar-refractivity contribution in [2.75, 3.05) is 25.2 Å². The minimum Gasteiger partial charge on any atom is -0.383 e. The van der Waals surface area contributed by atoms with Crippen molar-refractivity contribution in [1.82, 2.24) is 14.9 Å². The molecule has 0 saturated carbocycles. The van der Waals surface area contributed by atoms with E-state index in [0.717, 1.165) is 12.3 Å². The van der Waals surface area contributed by atoms with E-state index in [2.05, 4.69) is 34.4 Å². The molecular weight excluding hydrogens is 474 g/mol. The molecule has 0 fully saturated rings. The number of carbonyl (C=O) groups excluding carboxylic acids is 1. The third-order valence-electron chi connectivity index (χ3n) is 4.34. The number of benzene rings is 1. The van der Waals surface area contributed by atoms with Crippen molar-refractivity contribution in [3.8, 4) is 0 Å². The molecule has 0 aliphatic carbocycles. The summed E-state index contributed by atoms with van der Waals surface area (Å²) in [6.45, 7) is 8.12. The molecule has 1 aromatic carbocycles. The Bertz CT molecular complexity index is 1280. The SMILES string of the molecule is C/C=C(C)\C=C/N(C)C.CC.O=C(CS(=O)(=O)c1c[nH]c2cc(F)cc(F)c12)Nc1ccccn1.[HH]. The Labute approximate surface area is 207 Å². The molecule has 0 atom stereocenters. The van der Waals surface area contributed by atoms with Gasteiger partial charge in [0.2, 0.25) is 5.91 Å². The standard InChI is InChI=1S/C15H11F2N3O3S.C8H15N.C2H6.H2/c16-9-5-10(17)15-11(6-9)19-7-12(15)24(22,23)8-14(21)20-13-3-1-2-4-18-13;1-5-8(2)6-7-9(3)4;1-2;/h1-7,19H,8H2,(H,18,20,21);5-7H,1-4H3;1-2H3;1H/b;7-6-,8-5-;;. The Morgan fingerprint density at radius 2 is 1.91 bits per heavy atom. The van der Waals surface area contributed by atoms with Crippen LogP contribution in [0.3, 0.4) is 0 Å². The summed E-state index contributed by atoms with van der Waals surface area (Å²) in [6.07, 6.45) is 8.68. The van der Waals surface area contributed by atoms with E-state index in [-0.39, 0.29) is 18.1 Å². The Balaban J connectivity index is 0.000000872. The molecule has 7 nitrogen and oxygen atoms in total. The van der Waals surface area contributed by atoms with Crippen LogP contribution in [0.5, 0.6) is 0 Å². The predicted octanol–water partition coefficient (Wildman–Crippen LogP) is 5.55. The van der Waals surface area contributed by atoms with Crippen LogP contribution in [0, 0.1) is 11.6 Å². The zero-order valence-corrected chi connectivity index (χ0v) is 21.6. The molecule has 0 radical (unpaired) electrons. The number of anilines is 1. The molecule has 2 aromatic heterocycles. The molecule has 3 aromatic rings. The van der Waals surface area contributed by atoms with Gasteiger partial charge in [-0.2, -0.15) is 0 Å². The van der Waals surface area contributed by atoms with E-state index >= 15 is 0 Å². The number of pyridine rings is 1. The Kier molecular flexibility index (Phi) is 11.8. The van der Waals surface area contributed by atoms with Gasteiger partial charge in [0.25, 0.3) is 0 Å². The van der Waals surface area contributed by atoms with Crippen molar-refractivity contribution < 1.29 is 23.4 Å². The number of hydrogen-bond donors (Lipinski definition) is 2. The summed E-state index contributed by atoms with van der Waals surface area (Å²) in [6, 6.07) is 6.33. The molecule has 0 aliphatic heterocycles. The first-order valence-corrected chi connectivity index (χ1v) is 12.6. The van der Waals surface area contributed by atoms with Crippen molar-refractivity contribution in [2.45, 2.75) is 32.6 Å². The lowest BCUT2D eigenvalue weighted by atomic mass is 10.2. The van der Waals surface area contributed by atoms with Gasteiger partial charge in [0.1, 0.15) is 23.2 Å². The van der Waals surface area contributed by atoms with Crippen LogP contribution in [-0.4, -0.2) is 49.0 Å². The topological polar surface area (TPSA) is 95.2 Å². The smallest absolute Gasteiger partial charge is 0.241 e. The van der Waals surface area contributed by atoms with Crippen LogP contribution in [0.15, 0.2) is 71.5 Å². The minimum absolute atomic E-state index is 0. The molecule has 0 saturated heterocycles. The molecule has 35 heavy (non-hydrogen) atoms. The zero-order valence-electron chi connectivity index (χ0n) is 20.8. The van der Waals surface area contributed by atoms with Gasteiger partial charge in [-0.25, -0.2) is 22.2 Å². The van der Waals surface area contributed by atoms with Crippen molar-refractivity contribution in [3.05, 3.63) is 78.3 Å². The fourth-order valence-corrected chi connectivity index (χ4v) is 3.96. The van der Waals surface area contributed by atoms with E-state index in [0.29, 0.717) is 6.07 Å². The van der Waals surface area contributed by atoms with E-state index in [4.69, 9.17) is 0 Å². The predicted molar refractivity (Wildman–Crippen MR) is 139 cm³/mol. The summed E-state index contributed by atoms with van der Waals surface area (Å²) in [5.41, 5.74) is 1.29. The van der Waals surface area contributed by atoms with Gasteiger partial charge in [-0.1, -0.05) is 31.6 Å². The maximum absolute atomic E-state index is 13.9. The lowest BCUT2D eigenvalue weighted by molar-refractivity contribution is -0.113. The first-order valence-electron chi connectivity index (χ1n) is 10.9. The normalized spacial score (nSPS) is 11.4. The number of allylic oxidation sites excluding steroid dienone is 3. The Hall–Kier alpha value is -3.53. The lowest BCUT2D eigenvalue weighted by Crippen LogP contribution is -2.23. The van der Waals surface area contributed by atoms with Crippen LogP contribution in [0.4, 0.5) is 14.6 Å². The summed E-state index contributed by atoms with van der Waals surface area (Å²) in [4.78, 5) is 19.9. The first-order chi connectivity index (χ1) is 16.5. The summed E-state index contributed by atoms with van der Waals surface area (Å²) >= 11 is 0. The molecule has 3 rings (SSSR count). The number of rotatable bonds is 6. The molecule has 0 spiro atoms. The van der Waals surface area contributed by atoms with Gasteiger partial charge >= 0.3 is 0 Å². The van der Waals surface area contributed by atoms with Crippen LogP contribution in [-0.2, 0) is 14.6 Å². The van der Waals surface area contributed by atoms with Gasteiger partial charge < -0.3 is 15.2 Å². The third-order valence-corrected chi connectivity index (χ3v) is 5.97. The van der Waals surface area contributed by atoms with Crippen LogP contribution in [0.1, 0.15) is 29.1 Å². The number of hydrogen-bond acceptors (Lipinski definition) is 5.